The molecule has 0 aromatic heterocycles. The maximum atomic E-state index is 11.2. The highest BCUT2D eigenvalue weighted by Gasteiger charge is 1.95. The molecule has 0 aliphatic carbocycles. The minimum absolute atomic E-state index is 0.302. The van der Waals surface area contributed by atoms with Crippen LogP contribution in [0.5, 0.6) is 0 Å². The lowest BCUT2D eigenvalue weighted by Crippen LogP contribution is -2.01. The Kier molecular flexibility index (Phi) is 5.65. The van der Waals surface area contributed by atoms with Crippen LogP contribution in [0, 0.1) is 0 Å². The van der Waals surface area contributed by atoms with E-state index in [2.05, 4.69) is 6.92 Å². The minimum atomic E-state index is -0.302. The third kappa shape index (κ3) is 4.99. The zero-order chi connectivity index (χ0) is 11.8. The van der Waals surface area contributed by atoms with Crippen LogP contribution in [0.1, 0.15) is 25.3 Å². The minimum Gasteiger partial charge on any atom is -0.463 e. The van der Waals surface area contributed by atoms with Gasteiger partial charge >= 0.3 is 5.97 Å². The van der Waals surface area contributed by atoms with E-state index in [-0.39, 0.29) is 5.97 Å². The summed E-state index contributed by atoms with van der Waals surface area (Å²) in [7, 11) is 0. The van der Waals surface area contributed by atoms with Crippen molar-refractivity contribution in [3.05, 3.63) is 40.9 Å². The molecule has 0 radical (unpaired) electrons. The first-order valence-corrected chi connectivity index (χ1v) is 5.70. The van der Waals surface area contributed by atoms with Crippen LogP contribution < -0.4 is 0 Å². The topological polar surface area (TPSA) is 26.3 Å². The molecule has 0 N–H and O–H groups in total. The van der Waals surface area contributed by atoms with Crippen molar-refractivity contribution in [3.8, 4) is 0 Å². The summed E-state index contributed by atoms with van der Waals surface area (Å²) in [5.41, 5.74) is 0.928. The number of hydrogen-bond donors (Lipinski definition) is 0. The van der Waals surface area contributed by atoms with Gasteiger partial charge in [0, 0.05) is 11.1 Å². The summed E-state index contributed by atoms with van der Waals surface area (Å²) in [4.78, 5) is 11.2. The van der Waals surface area contributed by atoms with Crippen molar-refractivity contribution in [2.24, 2.45) is 0 Å². The average molecular weight is 239 g/mol. The Balaban J connectivity index is 2.41. The Morgan fingerprint density at radius 1 is 1.38 bits per heavy atom. The molecule has 0 aliphatic rings. The van der Waals surface area contributed by atoms with Crippen molar-refractivity contribution in [2.45, 2.75) is 19.8 Å². The quantitative estimate of drug-likeness (QED) is 0.444. The van der Waals surface area contributed by atoms with Gasteiger partial charge in [-0.3, -0.25) is 0 Å². The predicted molar refractivity (Wildman–Crippen MR) is 66.4 cm³/mol. The van der Waals surface area contributed by atoms with Gasteiger partial charge in [0.15, 0.2) is 0 Å². The Labute approximate surface area is 101 Å². The summed E-state index contributed by atoms with van der Waals surface area (Å²) < 4.78 is 4.98. The normalized spacial score (nSPS) is 10.6. The molecule has 0 unspecified atom stereocenters. The van der Waals surface area contributed by atoms with E-state index in [0.717, 1.165) is 18.4 Å². The van der Waals surface area contributed by atoms with Crippen LogP contribution >= 0.6 is 11.6 Å². The summed E-state index contributed by atoms with van der Waals surface area (Å²) >= 11 is 5.74. The summed E-state index contributed by atoms with van der Waals surface area (Å²) in [6, 6.07) is 7.25. The third-order valence-corrected chi connectivity index (χ3v) is 2.28. The summed E-state index contributed by atoms with van der Waals surface area (Å²) in [6.07, 6.45) is 5.07. The summed E-state index contributed by atoms with van der Waals surface area (Å²) in [6.45, 7) is 2.54. The maximum absolute atomic E-state index is 11.2. The second-order valence-electron chi connectivity index (χ2n) is 3.41. The number of rotatable bonds is 5. The second kappa shape index (κ2) is 7.07. The third-order valence-electron chi connectivity index (χ3n) is 2.02. The molecule has 86 valence electrons. The van der Waals surface area contributed by atoms with Crippen LogP contribution in [-0.2, 0) is 9.53 Å². The highest BCUT2D eigenvalue weighted by atomic mass is 35.5. The number of unbranched alkanes of at least 4 members (excludes halogenated alkanes) is 1. The average Bonchev–Trinajstić information content (AvgIpc) is 2.29. The summed E-state index contributed by atoms with van der Waals surface area (Å²) in [5.74, 6) is -0.302. The number of carbonyl (C=O) groups is 1. The molecule has 0 saturated heterocycles. The SMILES string of the molecule is CCCCOC(=O)C=Cc1ccc(Cl)cc1. The van der Waals surface area contributed by atoms with Crippen molar-refractivity contribution >= 4 is 23.6 Å². The van der Waals surface area contributed by atoms with Crippen molar-refractivity contribution in [3.63, 3.8) is 0 Å². The maximum Gasteiger partial charge on any atom is 0.330 e. The van der Waals surface area contributed by atoms with Gasteiger partial charge in [-0.15, -0.1) is 0 Å². The van der Waals surface area contributed by atoms with Crippen LogP contribution in [0.2, 0.25) is 5.02 Å². The Morgan fingerprint density at radius 2 is 2.06 bits per heavy atom. The van der Waals surface area contributed by atoms with Gasteiger partial charge < -0.3 is 4.74 Å². The highest BCUT2D eigenvalue weighted by molar-refractivity contribution is 6.30. The molecule has 0 heterocycles. The zero-order valence-electron chi connectivity index (χ0n) is 9.28. The number of ether oxygens (including phenoxy) is 1. The van der Waals surface area contributed by atoms with E-state index in [1.54, 1.807) is 18.2 Å². The molecule has 1 aromatic carbocycles. The van der Waals surface area contributed by atoms with Gasteiger partial charge in [0.05, 0.1) is 6.61 Å². The smallest absolute Gasteiger partial charge is 0.330 e. The van der Waals surface area contributed by atoms with Crippen LogP contribution in [-0.4, -0.2) is 12.6 Å². The standard InChI is InChI=1S/C13H15ClO2/c1-2-3-10-16-13(15)9-6-11-4-7-12(14)8-5-11/h4-9H,2-3,10H2,1H3. The number of hydrogen-bond acceptors (Lipinski definition) is 2. The lowest BCUT2D eigenvalue weighted by molar-refractivity contribution is -0.137. The molecule has 0 aliphatic heterocycles. The van der Waals surface area contributed by atoms with Gasteiger partial charge in [0.25, 0.3) is 0 Å². The molecule has 0 bridgehead atoms. The van der Waals surface area contributed by atoms with Crippen molar-refractivity contribution in [1.29, 1.82) is 0 Å². The number of carbonyl (C=O) groups excluding carboxylic acids is 1. The Hall–Kier alpha value is -1.28. The van der Waals surface area contributed by atoms with E-state index in [4.69, 9.17) is 16.3 Å². The molecular weight excluding hydrogens is 224 g/mol. The van der Waals surface area contributed by atoms with Crippen LogP contribution in [0.15, 0.2) is 30.3 Å². The van der Waals surface area contributed by atoms with Crippen LogP contribution in [0.3, 0.4) is 0 Å². The van der Waals surface area contributed by atoms with Crippen molar-refractivity contribution < 1.29 is 9.53 Å². The van der Waals surface area contributed by atoms with Gasteiger partial charge in [-0.2, -0.15) is 0 Å². The molecule has 1 aromatic rings. The Bertz CT molecular complexity index is 355. The molecule has 2 nitrogen and oxygen atoms in total. The molecule has 16 heavy (non-hydrogen) atoms. The van der Waals surface area contributed by atoms with Crippen LogP contribution in [0.4, 0.5) is 0 Å². The van der Waals surface area contributed by atoms with E-state index in [9.17, 15) is 4.79 Å². The van der Waals surface area contributed by atoms with E-state index < -0.39 is 0 Å². The molecule has 1 rings (SSSR count). The summed E-state index contributed by atoms with van der Waals surface area (Å²) in [5, 5.41) is 0.683. The van der Waals surface area contributed by atoms with E-state index in [1.165, 1.54) is 6.08 Å². The lowest BCUT2D eigenvalue weighted by atomic mass is 10.2. The first-order valence-electron chi connectivity index (χ1n) is 5.33. The van der Waals surface area contributed by atoms with Crippen LogP contribution in [0.25, 0.3) is 6.08 Å². The fraction of sp³-hybridized carbons (Fsp3) is 0.308. The van der Waals surface area contributed by atoms with Gasteiger partial charge in [-0.25, -0.2) is 4.79 Å². The molecule has 0 fully saturated rings. The number of esters is 1. The van der Waals surface area contributed by atoms with Crippen molar-refractivity contribution in [1.82, 2.24) is 0 Å². The molecule has 0 saturated carbocycles. The lowest BCUT2D eigenvalue weighted by Gasteiger charge is -1.99. The van der Waals surface area contributed by atoms with E-state index in [0.29, 0.717) is 11.6 Å². The van der Waals surface area contributed by atoms with Crippen molar-refractivity contribution in [2.75, 3.05) is 6.61 Å². The molecular formula is C13H15ClO2. The fourth-order valence-electron chi connectivity index (χ4n) is 1.10. The molecule has 0 amide bonds. The van der Waals surface area contributed by atoms with Gasteiger partial charge in [-0.1, -0.05) is 37.1 Å². The monoisotopic (exact) mass is 238 g/mol. The van der Waals surface area contributed by atoms with Gasteiger partial charge in [0.2, 0.25) is 0 Å². The Morgan fingerprint density at radius 3 is 2.69 bits per heavy atom. The largest absolute Gasteiger partial charge is 0.463 e. The van der Waals surface area contributed by atoms with Gasteiger partial charge in [-0.05, 0) is 30.2 Å². The number of benzene rings is 1. The second-order valence-corrected chi connectivity index (χ2v) is 3.84. The van der Waals surface area contributed by atoms with Gasteiger partial charge in [0.1, 0.15) is 0 Å². The molecule has 0 atom stereocenters. The highest BCUT2D eigenvalue weighted by Crippen LogP contribution is 2.10. The van der Waals surface area contributed by atoms with E-state index in [1.807, 2.05) is 12.1 Å². The van der Waals surface area contributed by atoms with E-state index >= 15 is 0 Å². The first kappa shape index (κ1) is 12.8. The zero-order valence-corrected chi connectivity index (χ0v) is 10.0. The number of halogens is 1. The predicted octanol–water partition coefficient (Wildman–Crippen LogP) is 3.70. The fourth-order valence-corrected chi connectivity index (χ4v) is 1.23. The molecule has 0 spiro atoms. The first-order chi connectivity index (χ1) is 7.72. The molecule has 3 heteroatoms.